The number of carbonyl (C=O) groups excluding carboxylic acids is 3. The average molecular weight is 440 g/mol. The highest BCUT2D eigenvalue weighted by atomic mass is 16.2. The van der Waals surface area contributed by atoms with Crippen LogP contribution in [0.1, 0.15) is 70.1 Å². The molecule has 2 atom stereocenters. The van der Waals surface area contributed by atoms with Gasteiger partial charge in [-0.2, -0.15) is 0 Å². The van der Waals surface area contributed by atoms with Gasteiger partial charge >= 0.3 is 0 Å². The van der Waals surface area contributed by atoms with Gasteiger partial charge in [-0.25, -0.2) is 0 Å². The van der Waals surface area contributed by atoms with E-state index in [1.807, 2.05) is 73.7 Å². The summed E-state index contributed by atoms with van der Waals surface area (Å²) in [6.45, 7) is 4.06. The Morgan fingerprint density at radius 2 is 1.42 bits per heavy atom. The van der Waals surface area contributed by atoms with Crippen molar-refractivity contribution in [2.75, 3.05) is 0 Å². The van der Waals surface area contributed by atoms with Crippen molar-refractivity contribution >= 4 is 17.6 Å². The maximum absolute atomic E-state index is 13.8. The lowest BCUT2D eigenvalue weighted by molar-refractivity contribution is -0.128. The first-order chi connectivity index (χ1) is 16.1. The maximum Gasteiger partial charge on any atom is 0.261 e. The summed E-state index contributed by atoms with van der Waals surface area (Å²) < 4.78 is 0. The van der Waals surface area contributed by atoms with Gasteiger partial charge in [-0.1, -0.05) is 93.1 Å². The zero-order valence-electron chi connectivity index (χ0n) is 19.2. The third-order valence-corrected chi connectivity index (χ3v) is 6.46. The summed E-state index contributed by atoms with van der Waals surface area (Å²) in [7, 11) is 0. The van der Waals surface area contributed by atoms with Crippen LogP contribution in [-0.2, 0) is 17.6 Å². The summed E-state index contributed by atoms with van der Waals surface area (Å²) in [5.74, 6) is -1.80. The number of Topliss-reactive ketones (excluding diaryl/α,β-unsaturated/α-hetero) is 1. The van der Waals surface area contributed by atoms with E-state index in [9.17, 15) is 14.4 Å². The number of hydrogen-bond donors (Lipinski definition) is 0. The van der Waals surface area contributed by atoms with Crippen molar-refractivity contribution < 1.29 is 14.4 Å². The maximum atomic E-state index is 13.8. The van der Waals surface area contributed by atoms with Crippen molar-refractivity contribution in [3.8, 4) is 0 Å². The summed E-state index contributed by atoms with van der Waals surface area (Å²) in [6.07, 6.45) is 2.65. The molecule has 0 aliphatic carbocycles. The fourth-order valence-corrected chi connectivity index (χ4v) is 4.77. The van der Waals surface area contributed by atoms with Gasteiger partial charge in [0, 0.05) is 11.1 Å². The topological polar surface area (TPSA) is 54.5 Å². The Morgan fingerprint density at radius 3 is 2.09 bits per heavy atom. The minimum absolute atomic E-state index is 0.199. The van der Waals surface area contributed by atoms with Gasteiger partial charge in [-0.3, -0.25) is 19.3 Å². The molecule has 0 bridgehead atoms. The smallest absolute Gasteiger partial charge is 0.261 e. The van der Waals surface area contributed by atoms with Crippen LogP contribution in [0.5, 0.6) is 0 Å². The number of benzene rings is 3. The molecule has 0 N–H and O–H groups in total. The molecule has 2 amide bonds. The quantitative estimate of drug-likeness (QED) is 0.265. The fourth-order valence-electron chi connectivity index (χ4n) is 4.77. The van der Waals surface area contributed by atoms with Crippen LogP contribution in [0.4, 0.5) is 0 Å². The number of ketones is 1. The molecule has 4 nitrogen and oxygen atoms in total. The third-order valence-electron chi connectivity index (χ3n) is 6.46. The minimum atomic E-state index is -0.870. The van der Waals surface area contributed by atoms with E-state index in [1.165, 1.54) is 4.90 Å². The number of aryl methyl sites for hydroxylation is 2. The normalized spacial score (nSPS) is 17.9. The number of imide groups is 1. The number of rotatable bonds is 7. The summed E-state index contributed by atoms with van der Waals surface area (Å²) in [5, 5.41) is 0. The van der Waals surface area contributed by atoms with Crippen LogP contribution in [-0.4, -0.2) is 22.5 Å². The fraction of sp³-hybridized carbons (Fsp3) is 0.276. The third kappa shape index (κ3) is 4.38. The number of carbonyl (C=O) groups is 3. The second-order valence-corrected chi connectivity index (χ2v) is 8.51. The first kappa shape index (κ1) is 22.7. The van der Waals surface area contributed by atoms with Crippen LogP contribution in [0.3, 0.4) is 0 Å². The molecule has 0 radical (unpaired) electrons. The molecule has 0 aromatic heterocycles. The molecule has 1 saturated heterocycles. The van der Waals surface area contributed by atoms with E-state index in [0.717, 1.165) is 29.5 Å². The summed E-state index contributed by atoms with van der Waals surface area (Å²) >= 11 is 0. The van der Waals surface area contributed by atoms with Gasteiger partial charge in [0.15, 0.2) is 5.78 Å². The Balaban J connectivity index is 1.75. The van der Waals surface area contributed by atoms with Crippen molar-refractivity contribution in [3.05, 3.63) is 107 Å². The Hall–Kier alpha value is -3.53. The Bertz CT molecular complexity index is 1170. The molecular formula is C29H29NO3. The molecule has 3 aromatic rings. The van der Waals surface area contributed by atoms with E-state index in [2.05, 4.69) is 6.92 Å². The van der Waals surface area contributed by atoms with Crippen molar-refractivity contribution in [2.24, 2.45) is 5.92 Å². The van der Waals surface area contributed by atoms with Gasteiger partial charge in [0.25, 0.3) is 5.91 Å². The van der Waals surface area contributed by atoms with Gasteiger partial charge in [-0.15, -0.1) is 0 Å². The highest BCUT2D eigenvalue weighted by molar-refractivity contribution is 6.17. The molecule has 3 aromatic carbocycles. The van der Waals surface area contributed by atoms with Crippen LogP contribution in [0.15, 0.2) is 78.9 Å². The molecular weight excluding hydrogens is 410 g/mol. The Kier molecular flexibility index (Phi) is 6.83. The largest absolute Gasteiger partial charge is 0.293 e. The summed E-state index contributed by atoms with van der Waals surface area (Å²) in [4.78, 5) is 42.3. The van der Waals surface area contributed by atoms with Crippen LogP contribution >= 0.6 is 0 Å². The molecule has 1 aliphatic heterocycles. The Morgan fingerprint density at radius 1 is 0.818 bits per heavy atom. The molecule has 1 aliphatic rings. The minimum Gasteiger partial charge on any atom is -0.293 e. The molecule has 0 spiro atoms. The Labute approximate surface area is 195 Å². The van der Waals surface area contributed by atoms with Crippen molar-refractivity contribution in [1.29, 1.82) is 0 Å². The molecule has 168 valence electrons. The van der Waals surface area contributed by atoms with Crippen LogP contribution < -0.4 is 0 Å². The first-order valence-corrected chi connectivity index (χ1v) is 11.7. The lowest BCUT2D eigenvalue weighted by Crippen LogP contribution is -2.37. The van der Waals surface area contributed by atoms with Gasteiger partial charge in [0.2, 0.25) is 5.91 Å². The van der Waals surface area contributed by atoms with Crippen LogP contribution in [0, 0.1) is 5.92 Å². The van der Waals surface area contributed by atoms with Gasteiger partial charge in [0.1, 0.15) is 5.92 Å². The number of hydrogen-bond acceptors (Lipinski definition) is 3. The predicted molar refractivity (Wildman–Crippen MR) is 129 cm³/mol. The zero-order chi connectivity index (χ0) is 23.4. The lowest BCUT2D eigenvalue weighted by atomic mass is 9.90. The molecule has 2 unspecified atom stereocenters. The SMILES string of the molecule is CCCc1ccccc1C(=O)N1C(=O)C(C(=O)c2ccccc2CC)CC1c1ccccc1. The van der Waals surface area contributed by atoms with Crippen LogP contribution in [0.25, 0.3) is 0 Å². The molecule has 1 heterocycles. The van der Waals surface area contributed by atoms with Crippen molar-refractivity contribution in [3.63, 3.8) is 0 Å². The van der Waals surface area contributed by atoms with E-state index in [4.69, 9.17) is 0 Å². The number of nitrogens with zero attached hydrogens (tertiary/aromatic N) is 1. The second-order valence-electron chi connectivity index (χ2n) is 8.51. The van der Waals surface area contributed by atoms with E-state index in [0.29, 0.717) is 24.0 Å². The highest BCUT2D eigenvalue weighted by Crippen LogP contribution is 2.39. The van der Waals surface area contributed by atoms with Crippen molar-refractivity contribution in [1.82, 2.24) is 4.90 Å². The van der Waals surface area contributed by atoms with Gasteiger partial charge in [-0.05, 0) is 42.0 Å². The van der Waals surface area contributed by atoms with Crippen LogP contribution in [0.2, 0.25) is 0 Å². The van der Waals surface area contributed by atoms with E-state index in [1.54, 1.807) is 12.1 Å². The molecule has 0 saturated carbocycles. The molecule has 1 fully saturated rings. The lowest BCUT2D eigenvalue weighted by Gasteiger charge is -2.24. The zero-order valence-corrected chi connectivity index (χ0v) is 19.2. The molecule has 4 rings (SSSR count). The number of likely N-dealkylation sites (tertiary alicyclic amines) is 1. The summed E-state index contributed by atoms with van der Waals surface area (Å²) in [6, 6.07) is 24.0. The van der Waals surface area contributed by atoms with E-state index in [-0.39, 0.29) is 11.7 Å². The monoisotopic (exact) mass is 439 g/mol. The predicted octanol–water partition coefficient (Wildman–Crippen LogP) is 5.81. The highest BCUT2D eigenvalue weighted by Gasteiger charge is 2.47. The van der Waals surface area contributed by atoms with Gasteiger partial charge < -0.3 is 0 Å². The van der Waals surface area contributed by atoms with Gasteiger partial charge in [0.05, 0.1) is 6.04 Å². The molecule has 4 heteroatoms. The standard InChI is InChI=1S/C29H29NO3/c1-3-12-21-14-9-11-18-24(21)28(32)30-26(22-15-6-5-7-16-22)19-25(29(30)33)27(31)23-17-10-8-13-20(23)4-2/h5-11,13-18,25-26H,3-4,12,19H2,1-2H3. The van der Waals surface area contributed by atoms with E-state index < -0.39 is 17.9 Å². The van der Waals surface area contributed by atoms with Crippen molar-refractivity contribution in [2.45, 2.75) is 45.6 Å². The summed E-state index contributed by atoms with van der Waals surface area (Å²) in [5.41, 5.74) is 3.83. The van der Waals surface area contributed by atoms with E-state index >= 15 is 0 Å². The first-order valence-electron chi connectivity index (χ1n) is 11.7. The average Bonchev–Trinajstić information content (AvgIpc) is 3.21. The molecule has 33 heavy (non-hydrogen) atoms. The number of amides is 2. The second kappa shape index (κ2) is 9.95.